The standard InChI is InChI=1S/C14H19FO3/c1-14(2,13(16)17)8-5-9-18-10-11-6-3-4-7-12(11)15/h3-4,6-7H,5,8-10H2,1-2H3,(H,16,17). The second-order valence-electron chi connectivity index (χ2n) is 4.94. The topological polar surface area (TPSA) is 46.5 Å². The minimum atomic E-state index is -0.809. The van der Waals surface area contributed by atoms with Gasteiger partial charge in [0.15, 0.2) is 0 Å². The summed E-state index contributed by atoms with van der Waals surface area (Å²) in [7, 11) is 0. The lowest BCUT2D eigenvalue weighted by molar-refractivity contribution is -0.147. The predicted octanol–water partition coefficient (Wildman–Crippen LogP) is 3.23. The molecule has 0 aliphatic rings. The zero-order valence-corrected chi connectivity index (χ0v) is 10.8. The van der Waals surface area contributed by atoms with Crippen LogP contribution in [-0.2, 0) is 16.1 Å². The number of ether oxygens (including phenoxy) is 1. The minimum absolute atomic E-state index is 0.222. The van der Waals surface area contributed by atoms with Crippen molar-refractivity contribution in [2.45, 2.75) is 33.3 Å². The zero-order valence-electron chi connectivity index (χ0n) is 10.8. The molecule has 18 heavy (non-hydrogen) atoms. The smallest absolute Gasteiger partial charge is 0.309 e. The van der Waals surface area contributed by atoms with Crippen molar-refractivity contribution in [3.05, 3.63) is 35.6 Å². The van der Waals surface area contributed by atoms with Gasteiger partial charge in [0.2, 0.25) is 0 Å². The Morgan fingerprint density at radius 3 is 2.67 bits per heavy atom. The summed E-state index contributed by atoms with van der Waals surface area (Å²) in [6, 6.07) is 6.46. The van der Waals surface area contributed by atoms with Gasteiger partial charge in [0.05, 0.1) is 12.0 Å². The maximum Gasteiger partial charge on any atom is 0.309 e. The fraction of sp³-hybridized carbons (Fsp3) is 0.500. The maximum absolute atomic E-state index is 13.2. The van der Waals surface area contributed by atoms with Gasteiger partial charge in [-0.2, -0.15) is 0 Å². The highest BCUT2D eigenvalue weighted by molar-refractivity contribution is 5.73. The number of halogens is 1. The van der Waals surface area contributed by atoms with E-state index in [9.17, 15) is 9.18 Å². The van der Waals surface area contributed by atoms with Gasteiger partial charge < -0.3 is 9.84 Å². The molecule has 0 atom stereocenters. The first-order chi connectivity index (χ1) is 8.43. The summed E-state index contributed by atoms with van der Waals surface area (Å²) in [6.45, 7) is 4.03. The third kappa shape index (κ3) is 4.45. The first-order valence-electron chi connectivity index (χ1n) is 5.98. The van der Waals surface area contributed by atoms with Gasteiger partial charge >= 0.3 is 5.97 Å². The molecule has 0 aromatic heterocycles. The van der Waals surface area contributed by atoms with Gasteiger partial charge in [-0.15, -0.1) is 0 Å². The number of aliphatic carboxylic acids is 1. The quantitative estimate of drug-likeness (QED) is 0.760. The molecule has 0 bridgehead atoms. The van der Waals surface area contributed by atoms with Crippen molar-refractivity contribution in [1.29, 1.82) is 0 Å². The molecule has 1 N–H and O–H groups in total. The van der Waals surface area contributed by atoms with E-state index in [0.717, 1.165) is 0 Å². The Hall–Kier alpha value is -1.42. The van der Waals surface area contributed by atoms with Crippen LogP contribution in [0.1, 0.15) is 32.3 Å². The molecule has 0 radical (unpaired) electrons. The van der Waals surface area contributed by atoms with E-state index in [2.05, 4.69) is 0 Å². The largest absolute Gasteiger partial charge is 0.481 e. The molecular formula is C14H19FO3. The molecule has 0 spiro atoms. The van der Waals surface area contributed by atoms with Crippen LogP contribution in [0.4, 0.5) is 4.39 Å². The SMILES string of the molecule is CC(C)(CCCOCc1ccccc1F)C(=O)O. The summed E-state index contributed by atoms with van der Waals surface area (Å²) in [4.78, 5) is 10.9. The lowest BCUT2D eigenvalue weighted by Crippen LogP contribution is -2.23. The molecule has 0 amide bonds. The van der Waals surface area contributed by atoms with Gasteiger partial charge in [-0.25, -0.2) is 4.39 Å². The van der Waals surface area contributed by atoms with Gasteiger partial charge in [-0.3, -0.25) is 4.79 Å². The van der Waals surface area contributed by atoms with E-state index in [4.69, 9.17) is 9.84 Å². The third-order valence-electron chi connectivity index (χ3n) is 2.88. The Morgan fingerprint density at radius 1 is 1.39 bits per heavy atom. The van der Waals surface area contributed by atoms with Crippen molar-refractivity contribution >= 4 is 5.97 Å². The van der Waals surface area contributed by atoms with E-state index in [1.165, 1.54) is 6.07 Å². The molecule has 100 valence electrons. The van der Waals surface area contributed by atoms with Crippen molar-refractivity contribution in [3.8, 4) is 0 Å². The fourth-order valence-corrected chi connectivity index (χ4v) is 1.52. The van der Waals surface area contributed by atoms with Crippen molar-refractivity contribution in [3.63, 3.8) is 0 Å². The van der Waals surface area contributed by atoms with E-state index in [0.29, 0.717) is 25.0 Å². The molecule has 1 aromatic rings. The van der Waals surface area contributed by atoms with Crippen molar-refractivity contribution in [1.82, 2.24) is 0 Å². The lowest BCUT2D eigenvalue weighted by Gasteiger charge is -2.18. The van der Waals surface area contributed by atoms with Crippen LogP contribution in [0.3, 0.4) is 0 Å². The zero-order chi connectivity index (χ0) is 13.6. The Morgan fingerprint density at radius 2 is 2.06 bits per heavy atom. The highest BCUT2D eigenvalue weighted by atomic mass is 19.1. The van der Waals surface area contributed by atoms with Gasteiger partial charge in [-0.1, -0.05) is 18.2 Å². The lowest BCUT2D eigenvalue weighted by atomic mass is 9.88. The minimum Gasteiger partial charge on any atom is -0.481 e. The molecule has 0 fully saturated rings. The van der Waals surface area contributed by atoms with Crippen LogP contribution in [0, 0.1) is 11.2 Å². The molecule has 0 saturated heterocycles. The van der Waals surface area contributed by atoms with Gasteiger partial charge in [0, 0.05) is 12.2 Å². The molecule has 0 unspecified atom stereocenters. The monoisotopic (exact) mass is 254 g/mol. The molecule has 0 saturated carbocycles. The first-order valence-corrected chi connectivity index (χ1v) is 5.98. The normalized spacial score (nSPS) is 11.5. The number of carboxylic acid groups (broad SMARTS) is 1. The number of rotatable bonds is 7. The van der Waals surface area contributed by atoms with Crippen LogP contribution in [-0.4, -0.2) is 17.7 Å². The molecule has 1 aromatic carbocycles. The van der Waals surface area contributed by atoms with Crippen molar-refractivity contribution in [2.24, 2.45) is 5.41 Å². The highest BCUT2D eigenvalue weighted by Gasteiger charge is 2.26. The molecular weight excluding hydrogens is 235 g/mol. The highest BCUT2D eigenvalue weighted by Crippen LogP contribution is 2.22. The van der Waals surface area contributed by atoms with Crippen LogP contribution in [0.2, 0.25) is 0 Å². The van der Waals surface area contributed by atoms with Crippen LogP contribution in [0.5, 0.6) is 0 Å². The molecule has 0 heterocycles. The number of carbonyl (C=O) groups is 1. The van der Waals surface area contributed by atoms with Crippen LogP contribution in [0.25, 0.3) is 0 Å². The number of benzene rings is 1. The Balaban J connectivity index is 2.24. The van der Waals surface area contributed by atoms with E-state index >= 15 is 0 Å². The van der Waals surface area contributed by atoms with Crippen molar-refractivity contribution in [2.75, 3.05) is 6.61 Å². The van der Waals surface area contributed by atoms with Crippen LogP contribution < -0.4 is 0 Å². The predicted molar refractivity (Wildman–Crippen MR) is 66.7 cm³/mol. The molecule has 4 heteroatoms. The summed E-state index contributed by atoms with van der Waals surface area (Å²) in [5.74, 6) is -1.08. The van der Waals surface area contributed by atoms with E-state index < -0.39 is 11.4 Å². The van der Waals surface area contributed by atoms with Crippen molar-refractivity contribution < 1.29 is 19.0 Å². The molecule has 0 aliphatic carbocycles. The average Bonchev–Trinajstić information content (AvgIpc) is 2.30. The summed E-state index contributed by atoms with van der Waals surface area (Å²) in [6.07, 6.45) is 1.19. The third-order valence-corrected chi connectivity index (χ3v) is 2.88. The molecule has 0 aliphatic heterocycles. The Labute approximate surface area is 107 Å². The molecule has 3 nitrogen and oxygen atoms in total. The second-order valence-corrected chi connectivity index (χ2v) is 4.94. The summed E-state index contributed by atoms with van der Waals surface area (Å²) >= 11 is 0. The van der Waals surface area contributed by atoms with Gasteiger partial charge in [-0.05, 0) is 32.8 Å². The summed E-state index contributed by atoms with van der Waals surface area (Å²) in [5.41, 5.74) is -0.212. The van der Waals surface area contributed by atoms with Crippen LogP contribution >= 0.6 is 0 Å². The first kappa shape index (κ1) is 14.6. The number of hydrogen-bond donors (Lipinski definition) is 1. The van der Waals surface area contributed by atoms with E-state index in [1.54, 1.807) is 32.0 Å². The molecule has 1 rings (SSSR count). The second kappa shape index (κ2) is 6.50. The average molecular weight is 254 g/mol. The number of hydrogen-bond acceptors (Lipinski definition) is 2. The van der Waals surface area contributed by atoms with Crippen LogP contribution in [0.15, 0.2) is 24.3 Å². The van der Waals surface area contributed by atoms with E-state index in [1.807, 2.05) is 0 Å². The Kier molecular flexibility index (Phi) is 5.28. The number of carboxylic acids is 1. The fourth-order valence-electron chi connectivity index (χ4n) is 1.52. The summed E-state index contributed by atoms with van der Waals surface area (Å²) in [5, 5.41) is 8.92. The van der Waals surface area contributed by atoms with Gasteiger partial charge in [0.1, 0.15) is 5.82 Å². The summed E-state index contributed by atoms with van der Waals surface area (Å²) < 4.78 is 18.6. The van der Waals surface area contributed by atoms with Gasteiger partial charge in [0.25, 0.3) is 0 Å². The Bertz CT molecular complexity index is 402. The maximum atomic E-state index is 13.2. The van der Waals surface area contributed by atoms with E-state index in [-0.39, 0.29) is 12.4 Å².